The second-order valence-corrected chi connectivity index (χ2v) is 2.68. The monoisotopic (exact) mass is 145 g/mol. The second kappa shape index (κ2) is 5.69. The maximum Gasteiger partial charge on any atom is 0.0575 e. The van der Waals surface area contributed by atoms with E-state index in [4.69, 9.17) is 4.84 Å². The molecule has 0 aromatic rings. The van der Waals surface area contributed by atoms with Gasteiger partial charge in [0.05, 0.1) is 7.11 Å². The maximum absolute atomic E-state index is 5.11. The molecule has 62 valence electrons. The minimum Gasteiger partial charge on any atom is -0.302 e. The molecular formula is C8H19NO. The summed E-state index contributed by atoms with van der Waals surface area (Å²) in [7, 11) is 1.73. The summed E-state index contributed by atoms with van der Waals surface area (Å²) in [6.07, 6.45) is 1.22. The van der Waals surface area contributed by atoms with E-state index in [9.17, 15) is 0 Å². The van der Waals surface area contributed by atoms with E-state index in [0.717, 1.165) is 19.0 Å². The van der Waals surface area contributed by atoms with Crippen LogP contribution in [0.4, 0.5) is 0 Å². The average Bonchev–Trinajstić information content (AvgIpc) is 1.99. The van der Waals surface area contributed by atoms with Gasteiger partial charge in [0, 0.05) is 13.1 Å². The first-order valence-electron chi connectivity index (χ1n) is 4.03. The van der Waals surface area contributed by atoms with E-state index in [1.807, 2.05) is 5.06 Å². The van der Waals surface area contributed by atoms with Crippen LogP contribution in [0.1, 0.15) is 27.2 Å². The van der Waals surface area contributed by atoms with E-state index in [0.29, 0.717) is 0 Å². The average molecular weight is 145 g/mol. The van der Waals surface area contributed by atoms with Crippen molar-refractivity contribution in [3.63, 3.8) is 0 Å². The van der Waals surface area contributed by atoms with E-state index in [2.05, 4.69) is 20.8 Å². The van der Waals surface area contributed by atoms with Crippen LogP contribution >= 0.6 is 0 Å². The molecule has 0 aliphatic heterocycles. The Balaban J connectivity index is 3.41. The number of nitrogens with zero attached hydrogens (tertiary/aromatic N) is 1. The molecule has 0 aliphatic carbocycles. The Hall–Kier alpha value is -0.0800. The molecule has 0 spiro atoms. The summed E-state index contributed by atoms with van der Waals surface area (Å²) >= 11 is 0. The Labute approximate surface area is 64.1 Å². The van der Waals surface area contributed by atoms with Gasteiger partial charge in [-0.1, -0.05) is 27.2 Å². The molecule has 0 radical (unpaired) electrons. The van der Waals surface area contributed by atoms with E-state index in [1.165, 1.54) is 6.42 Å². The highest BCUT2D eigenvalue weighted by Gasteiger charge is 2.04. The van der Waals surface area contributed by atoms with Gasteiger partial charge >= 0.3 is 0 Å². The molecule has 10 heavy (non-hydrogen) atoms. The zero-order valence-electron chi connectivity index (χ0n) is 7.55. The molecule has 0 heterocycles. The Bertz CT molecular complexity index is 71.7. The normalized spacial score (nSPS) is 14.1. The predicted octanol–water partition coefficient (Wildman–Crippen LogP) is 1.92. The van der Waals surface area contributed by atoms with Crippen molar-refractivity contribution in [2.75, 3.05) is 20.2 Å². The molecule has 0 fully saturated rings. The van der Waals surface area contributed by atoms with Crippen LogP contribution in [0.5, 0.6) is 0 Å². The number of hydrogen-bond acceptors (Lipinski definition) is 2. The van der Waals surface area contributed by atoms with Crippen LogP contribution in [-0.4, -0.2) is 25.3 Å². The van der Waals surface area contributed by atoms with Crippen molar-refractivity contribution in [1.82, 2.24) is 5.06 Å². The van der Waals surface area contributed by atoms with E-state index >= 15 is 0 Å². The molecule has 1 unspecified atom stereocenters. The fraction of sp³-hybridized carbons (Fsp3) is 1.00. The Morgan fingerprint density at radius 3 is 2.30 bits per heavy atom. The van der Waals surface area contributed by atoms with Gasteiger partial charge in [-0.05, 0) is 5.92 Å². The van der Waals surface area contributed by atoms with Gasteiger partial charge in [0.1, 0.15) is 0 Å². The van der Waals surface area contributed by atoms with Gasteiger partial charge in [-0.2, -0.15) is 5.06 Å². The quantitative estimate of drug-likeness (QED) is 0.548. The number of rotatable bonds is 5. The predicted molar refractivity (Wildman–Crippen MR) is 43.7 cm³/mol. The third kappa shape index (κ3) is 3.85. The van der Waals surface area contributed by atoms with E-state index < -0.39 is 0 Å². The molecule has 2 nitrogen and oxygen atoms in total. The molecule has 0 amide bonds. The highest BCUT2D eigenvalue weighted by molar-refractivity contribution is 4.51. The second-order valence-electron chi connectivity index (χ2n) is 2.68. The summed E-state index contributed by atoms with van der Waals surface area (Å²) in [5, 5.41) is 1.98. The van der Waals surface area contributed by atoms with Crippen LogP contribution in [0.3, 0.4) is 0 Å². The maximum atomic E-state index is 5.11. The molecule has 0 aromatic carbocycles. The van der Waals surface area contributed by atoms with Crippen LogP contribution in [-0.2, 0) is 4.84 Å². The highest BCUT2D eigenvalue weighted by atomic mass is 16.7. The largest absolute Gasteiger partial charge is 0.302 e. The van der Waals surface area contributed by atoms with Crippen LogP contribution in [0, 0.1) is 5.92 Å². The first-order chi connectivity index (χ1) is 4.74. The fourth-order valence-corrected chi connectivity index (χ4v) is 0.809. The SMILES string of the molecule is CCC(C)CN(CC)OC. The summed E-state index contributed by atoms with van der Waals surface area (Å²) in [6, 6.07) is 0. The molecule has 2 heteroatoms. The fourth-order valence-electron chi connectivity index (χ4n) is 0.809. The standard InChI is InChI=1S/C8H19NO/c1-5-8(3)7-9(6-2)10-4/h8H,5-7H2,1-4H3. The van der Waals surface area contributed by atoms with Crippen molar-refractivity contribution in [2.24, 2.45) is 5.92 Å². The van der Waals surface area contributed by atoms with Crippen LogP contribution < -0.4 is 0 Å². The lowest BCUT2D eigenvalue weighted by Crippen LogP contribution is -2.26. The first kappa shape index (κ1) is 9.92. The minimum absolute atomic E-state index is 0.736. The van der Waals surface area contributed by atoms with Crippen molar-refractivity contribution >= 4 is 0 Å². The molecule has 0 saturated heterocycles. The van der Waals surface area contributed by atoms with E-state index in [1.54, 1.807) is 7.11 Å². The topological polar surface area (TPSA) is 12.5 Å². The van der Waals surface area contributed by atoms with Gasteiger partial charge in [0.2, 0.25) is 0 Å². The molecule has 0 aliphatic rings. The third-order valence-electron chi connectivity index (χ3n) is 1.82. The molecule has 0 saturated carbocycles. The Kier molecular flexibility index (Phi) is 5.64. The molecular weight excluding hydrogens is 126 g/mol. The van der Waals surface area contributed by atoms with Crippen molar-refractivity contribution in [3.8, 4) is 0 Å². The molecule has 1 atom stereocenters. The van der Waals surface area contributed by atoms with Gasteiger partial charge in [-0.3, -0.25) is 0 Å². The summed E-state index contributed by atoms with van der Waals surface area (Å²) in [5.41, 5.74) is 0. The zero-order valence-corrected chi connectivity index (χ0v) is 7.55. The Morgan fingerprint density at radius 2 is 2.00 bits per heavy atom. The summed E-state index contributed by atoms with van der Waals surface area (Å²) in [4.78, 5) is 5.11. The number of hydrogen-bond donors (Lipinski definition) is 0. The van der Waals surface area contributed by atoms with Crippen molar-refractivity contribution < 1.29 is 4.84 Å². The molecule has 0 bridgehead atoms. The third-order valence-corrected chi connectivity index (χ3v) is 1.82. The van der Waals surface area contributed by atoms with Crippen molar-refractivity contribution in [2.45, 2.75) is 27.2 Å². The molecule has 0 rings (SSSR count). The van der Waals surface area contributed by atoms with E-state index in [-0.39, 0.29) is 0 Å². The van der Waals surface area contributed by atoms with Crippen LogP contribution in [0.15, 0.2) is 0 Å². The lowest BCUT2D eigenvalue weighted by Gasteiger charge is -2.20. The molecule has 0 N–H and O–H groups in total. The highest BCUT2D eigenvalue weighted by Crippen LogP contribution is 2.03. The van der Waals surface area contributed by atoms with Gasteiger partial charge in [-0.25, -0.2) is 0 Å². The van der Waals surface area contributed by atoms with Gasteiger partial charge in [0.25, 0.3) is 0 Å². The zero-order chi connectivity index (χ0) is 7.98. The first-order valence-corrected chi connectivity index (χ1v) is 4.03. The van der Waals surface area contributed by atoms with Crippen molar-refractivity contribution in [1.29, 1.82) is 0 Å². The summed E-state index contributed by atoms with van der Waals surface area (Å²) in [6.45, 7) is 8.56. The lowest BCUT2D eigenvalue weighted by molar-refractivity contribution is -0.134. The van der Waals surface area contributed by atoms with Gasteiger partial charge < -0.3 is 4.84 Å². The van der Waals surface area contributed by atoms with Gasteiger partial charge in [0.15, 0.2) is 0 Å². The lowest BCUT2D eigenvalue weighted by atomic mass is 10.1. The van der Waals surface area contributed by atoms with Gasteiger partial charge in [-0.15, -0.1) is 0 Å². The smallest absolute Gasteiger partial charge is 0.0575 e. The number of hydroxylamine groups is 2. The summed E-state index contributed by atoms with van der Waals surface area (Å²) < 4.78 is 0. The molecule has 0 aromatic heterocycles. The minimum atomic E-state index is 0.736. The Morgan fingerprint density at radius 1 is 1.40 bits per heavy atom. The summed E-state index contributed by atoms with van der Waals surface area (Å²) in [5.74, 6) is 0.736. The van der Waals surface area contributed by atoms with Crippen LogP contribution in [0.2, 0.25) is 0 Å². The van der Waals surface area contributed by atoms with Crippen molar-refractivity contribution in [3.05, 3.63) is 0 Å². The van der Waals surface area contributed by atoms with Crippen LogP contribution in [0.25, 0.3) is 0 Å².